The number of alkyl halides is 3. The molecule has 6 heteroatoms. The Morgan fingerprint density at radius 2 is 2.12 bits per heavy atom. The zero-order chi connectivity index (χ0) is 13.1. The molecule has 1 amide bonds. The molecule has 0 spiro atoms. The smallest absolute Gasteiger partial charge is 0.368 e. The molecule has 1 rings (SSSR count). The Bertz CT molecular complexity index is 404. The molecule has 0 radical (unpaired) electrons. The lowest BCUT2D eigenvalue weighted by molar-refractivity contribution is -0.137. The molecule has 0 aliphatic heterocycles. The number of hydrogen-bond donors (Lipinski definition) is 2. The predicted octanol–water partition coefficient (Wildman–Crippen LogP) is 1.67. The summed E-state index contributed by atoms with van der Waals surface area (Å²) in [6.07, 6.45) is -4.36. The fourth-order valence-electron chi connectivity index (χ4n) is 1.23. The van der Waals surface area contributed by atoms with Crippen molar-refractivity contribution in [2.24, 2.45) is 5.73 Å². The second-order valence-electron chi connectivity index (χ2n) is 3.70. The van der Waals surface area contributed by atoms with Gasteiger partial charge in [0.15, 0.2) is 0 Å². The summed E-state index contributed by atoms with van der Waals surface area (Å²) in [6, 6.07) is 4.34. The number of nitrogens with two attached hydrogens (primary N) is 1. The first-order valence-electron chi connectivity index (χ1n) is 4.99. The van der Waals surface area contributed by atoms with Gasteiger partial charge in [-0.25, -0.2) is 0 Å². The summed E-state index contributed by atoms with van der Waals surface area (Å²) < 4.78 is 37.2. The molecule has 1 aromatic rings. The minimum atomic E-state index is -4.36. The molecule has 1 unspecified atom stereocenters. The maximum Gasteiger partial charge on any atom is 0.416 e. The third-order valence-corrected chi connectivity index (χ3v) is 2.29. The summed E-state index contributed by atoms with van der Waals surface area (Å²) in [4.78, 5) is 10.7. The maximum atomic E-state index is 12.4. The van der Waals surface area contributed by atoms with E-state index in [2.05, 4.69) is 5.32 Å². The Hall–Kier alpha value is -1.56. The Morgan fingerprint density at radius 3 is 2.65 bits per heavy atom. The molecule has 0 saturated heterocycles. The van der Waals surface area contributed by atoms with Crippen molar-refractivity contribution in [3.63, 3.8) is 0 Å². The van der Waals surface area contributed by atoms with Crippen LogP contribution in [0.2, 0.25) is 0 Å². The highest BCUT2D eigenvalue weighted by molar-refractivity contribution is 5.79. The van der Waals surface area contributed by atoms with Gasteiger partial charge in [0, 0.05) is 6.54 Å². The standard InChI is InChI=1S/C11H13F3N2O/c1-7(10(15)17)16-6-8-3-2-4-9(5-8)11(12,13)14/h2-5,7,16H,6H2,1H3,(H2,15,17). The molecule has 0 aromatic heterocycles. The zero-order valence-corrected chi connectivity index (χ0v) is 9.21. The van der Waals surface area contributed by atoms with Gasteiger partial charge in [-0.15, -0.1) is 0 Å². The van der Waals surface area contributed by atoms with Crippen molar-refractivity contribution in [3.8, 4) is 0 Å². The minimum Gasteiger partial charge on any atom is -0.368 e. The van der Waals surface area contributed by atoms with Crippen molar-refractivity contribution >= 4 is 5.91 Å². The van der Waals surface area contributed by atoms with Crippen molar-refractivity contribution in [2.75, 3.05) is 0 Å². The first kappa shape index (κ1) is 13.5. The molecule has 0 aliphatic carbocycles. The van der Waals surface area contributed by atoms with Crippen molar-refractivity contribution in [2.45, 2.75) is 25.7 Å². The van der Waals surface area contributed by atoms with Crippen LogP contribution in [0.5, 0.6) is 0 Å². The van der Waals surface area contributed by atoms with Gasteiger partial charge in [0.25, 0.3) is 0 Å². The third kappa shape index (κ3) is 4.07. The summed E-state index contributed by atoms with van der Waals surface area (Å²) in [7, 11) is 0. The van der Waals surface area contributed by atoms with Crippen LogP contribution in [0.15, 0.2) is 24.3 Å². The van der Waals surface area contributed by atoms with E-state index in [0.717, 1.165) is 12.1 Å². The van der Waals surface area contributed by atoms with E-state index >= 15 is 0 Å². The molecule has 17 heavy (non-hydrogen) atoms. The Labute approximate surface area is 96.8 Å². The maximum absolute atomic E-state index is 12.4. The number of amides is 1. The number of benzene rings is 1. The number of nitrogens with one attached hydrogen (secondary N) is 1. The Morgan fingerprint density at radius 1 is 1.47 bits per heavy atom. The SMILES string of the molecule is CC(NCc1cccc(C(F)(F)F)c1)C(N)=O. The highest BCUT2D eigenvalue weighted by Crippen LogP contribution is 2.29. The molecule has 0 bridgehead atoms. The monoisotopic (exact) mass is 246 g/mol. The highest BCUT2D eigenvalue weighted by atomic mass is 19.4. The van der Waals surface area contributed by atoms with Gasteiger partial charge in [0.05, 0.1) is 11.6 Å². The van der Waals surface area contributed by atoms with Gasteiger partial charge in [-0.05, 0) is 18.6 Å². The molecule has 0 aliphatic rings. The number of rotatable bonds is 4. The van der Waals surface area contributed by atoms with Gasteiger partial charge >= 0.3 is 6.18 Å². The lowest BCUT2D eigenvalue weighted by Crippen LogP contribution is -2.38. The quantitative estimate of drug-likeness (QED) is 0.849. The van der Waals surface area contributed by atoms with Crippen LogP contribution >= 0.6 is 0 Å². The van der Waals surface area contributed by atoms with E-state index in [9.17, 15) is 18.0 Å². The Kier molecular flexibility index (Phi) is 4.11. The first-order chi connectivity index (χ1) is 7.80. The Balaban J connectivity index is 2.70. The van der Waals surface area contributed by atoms with Crippen LogP contribution in [-0.2, 0) is 17.5 Å². The van der Waals surface area contributed by atoms with E-state index < -0.39 is 23.7 Å². The van der Waals surface area contributed by atoms with Gasteiger partial charge in [-0.1, -0.05) is 18.2 Å². The number of carbonyl (C=O) groups is 1. The fourth-order valence-corrected chi connectivity index (χ4v) is 1.23. The fraction of sp³-hybridized carbons (Fsp3) is 0.364. The van der Waals surface area contributed by atoms with Gasteiger partial charge in [0.1, 0.15) is 0 Å². The van der Waals surface area contributed by atoms with Crippen LogP contribution in [0, 0.1) is 0 Å². The molecule has 0 heterocycles. The van der Waals surface area contributed by atoms with Gasteiger partial charge in [-0.3, -0.25) is 4.79 Å². The van der Waals surface area contributed by atoms with E-state index in [1.807, 2.05) is 0 Å². The summed E-state index contributed by atoms with van der Waals surface area (Å²) in [5.74, 6) is -0.544. The highest BCUT2D eigenvalue weighted by Gasteiger charge is 2.30. The average Bonchev–Trinajstić information content (AvgIpc) is 2.25. The number of halogens is 3. The summed E-state index contributed by atoms with van der Waals surface area (Å²) >= 11 is 0. The predicted molar refractivity (Wildman–Crippen MR) is 56.9 cm³/mol. The topological polar surface area (TPSA) is 55.1 Å². The minimum absolute atomic E-state index is 0.161. The molecule has 94 valence electrons. The lowest BCUT2D eigenvalue weighted by atomic mass is 10.1. The molecule has 1 aromatic carbocycles. The van der Waals surface area contributed by atoms with Crippen molar-refractivity contribution < 1.29 is 18.0 Å². The number of primary amides is 1. The van der Waals surface area contributed by atoms with E-state index in [0.29, 0.717) is 5.56 Å². The summed E-state index contributed by atoms with van der Waals surface area (Å²) in [5.41, 5.74) is 4.76. The molecule has 1 atom stereocenters. The molecule has 3 nitrogen and oxygen atoms in total. The summed E-state index contributed by atoms with van der Waals surface area (Å²) in [5, 5.41) is 2.74. The molecule has 0 fully saturated rings. The third-order valence-electron chi connectivity index (χ3n) is 2.29. The van der Waals surface area contributed by atoms with Crippen LogP contribution in [0.1, 0.15) is 18.1 Å². The number of hydrogen-bond acceptors (Lipinski definition) is 2. The van der Waals surface area contributed by atoms with E-state index in [-0.39, 0.29) is 6.54 Å². The van der Waals surface area contributed by atoms with Crippen molar-refractivity contribution in [3.05, 3.63) is 35.4 Å². The largest absolute Gasteiger partial charge is 0.416 e. The van der Waals surface area contributed by atoms with Crippen molar-refractivity contribution in [1.82, 2.24) is 5.32 Å². The first-order valence-corrected chi connectivity index (χ1v) is 4.99. The second kappa shape index (κ2) is 5.18. The van der Waals surface area contributed by atoms with E-state index in [4.69, 9.17) is 5.73 Å². The second-order valence-corrected chi connectivity index (χ2v) is 3.70. The van der Waals surface area contributed by atoms with Crippen LogP contribution < -0.4 is 11.1 Å². The van der Waals surface area contributed by atoms with Crippen LogP contribution in [0.4, 0.5) is 13.2 Å². The van der Waals surface area contributed by atoms with E-state index in [1.165, 1.54) is 6.07 Å². The van der Waals surface area contributed by atoms with Crippen molar-refractivity contribution in [1.29, 1.82) is 0 Å². The lowest BCUT2D eigenvalue weighted by Gasteiger charge is -2.12. The van der Waals surface area contributed by atoms with Gasteiger partial charge in [0.2, 0.25) is 5.91 Å². The van der Waals surface area contributed by atoms with E-state index in [1.54, 1.807) is 13.0 Å². The zero-order valence-electron chi connectivity index (χ0n) is 9.21. The van der Waals surface area contributed by atoms with Crippen LogP contribution in [0.3, 0.4) is 0 Å². The molecular formula is C11H13F3N2O. The van der Waals surface area contributed by atoms with Crippen LogP contribution in [-0.4, -0.2) is 11.9 Å². The van der Waals surface area contributed by atoms with Gasteiger partial charge < -0.3 is 11.1 Å². The van der Waals surface area contributed by atoms with Crippen LogP contribution in [0.25, 0.3) is 0 Å². The average molecular weight is 246 g/mol. The molecule has 3 N–H and O–H groups in total. The molecule has 0 saturated carbocycles. The molecular weight excluding hydrogens is 233 g/mol. The van der Waals surface area contributed by atoms with Gasteiger partial charge in [-0.2, -0.15) is 13.2 Å². The normalized spacial score (nSPS) is 13.4. The number of carbonyl (C=O) groups excluding carboxylic acids is 1. The summed E-state index contributed by atoms with van der Waals surface area (Å²) in [6.45, 7) is 1.71.